The molecule has 0 aromatic heterocycles. The van der Waals surface area contributed by atoms with Crippen LogP contribution in [0.1, 0.15) is 46.3 Å². The molecule has 0 spiro atoms. The first-order valence-corrected chi connectivity index (χ1v) is 9.69. The number of fused-ring (bicyclic) bond motifs is 1. The summed E-state index contributed by atoms with van der Waals surface area (Å²) < 4.78 is 5.27. The quantitative estimate of drug-likeness (QED) is 0.447. The van der Waals surface area contributed by atoms with E-state index in [0.717, 1.165) is 30.4 Å². The van der Waals surface area contributed by atoms with E-state index in [4.69, 9.17) is 4.74 Å². The third-order valence-corrected chi connectivity index (χ3v) is 4.27. The Morgan fingerprint density at radius 1 is 0.786 bits per heavy atom. The van der Waals surface area contributed by atoms with E-state index in [-0.39, 0.29) is 18.2 Å². The van der Waals surface area contributed by atoms with Crippen LogP contribution < -0.4 is 0 Å². The van der Waals surface area contributed by atoms with Crippen LogP contribution in [0.15, 0.2) is 72.8 Å². The molecule has 3 heteroatoms. The van der Waals surface area contributed by atoms with Crippen molar-refractivity contribution in [3.05, 3.63) is 95.1 Å². The highest BCUT2D eigenvalue weighted by Crippen LogP contribution is 2.15. The standard InChI is InChI=1S/C18H20O3.C7H8/c1-14-9-10-17-15(12-14)13-16(19)8-6-4-2-3-5-7-11-21-18(17)20;1-7-5-3-2-4-6-7/h3,5-6,8-10,12H,2,4,7,11,13H2,1H3;2-6H,1H3/b5-3+,8-6+;. The van der Waals surface area contributed by atoms with Gasteiger partial charge in [0, 0.05) is 6.42 Å². The molecule has 0 amide bonds. The SMILES string of the molecule is Cc1ccc2c(c1)CC(=O)/C=C/CC/C=C/CCOC2=O.Cc1ccccc1. The predicted molar refractivity (Wildman–Crippen MR) is 113 cm³/mol. The molecule has 0 atom stereocenters. The Labute approximate surface area is 167 Å². The fourth-order valence-corrected chi connectivity index (χ4v) is 2.79. The molecule has 0 aliphatic carbocycles. The molecule has 0 radical (unpaired) electrons. The lowest BCUT2D eigenvalue weighted by Gasteiger charge is -2.09. The van der Waals surface area contributed by atoms with Crippen LogP contribution in [0.25, 0.3) is 0 Å². The van der Waals surface area contributed by atoms with Crippen molar-refractivity contribution in [2.24, 2.45) is 0 Å². The predicted octanol–water partition coefficient (Wildman–Crippen LogP) is 5.55. The summed E-state index contributed by atoms with van der Waals surface area (Å²) in [5.74, 6) is -0.345. The van der Waals surface area contributed by atoms with Crippen molar-refractivity contribution in [1.82, 2.24) is 0 Å². The lowest BCUT2D eigenvalue weighted by atomic mass is 9.99. The molecule has 0 fully saturated rings. The Balaban J connectivity index is 0.000000336. The molecule has 0 unspecified atom stereocenters. The van der Waals surface area contributed by atoms with Gasteiger partial charge in [-0.05, 0) is 50.8 Å². The number of hydrogen-bond donors (Lipinski definition) is 0. The number of allylic oxidation sites excluding steroid dienone is 3. The fraction of sp³-hybridized carbons (Fsp3) is 0.280. The molecular formula is C25H28O3. The Morgan fingerprint density at radius 2 is 1.50 bits per heavy atom. The van der Waals surface area contributed by atoms with Gasteiger partial charge in [-0.15, -0.1) is 0 Å². The summed E-state index contributed by atoms with van der Waals surface area (Å²) in [6.45, 7) is 4.40. The molecule has 28 heavy (non-hydrogen) atoms. The molecule has 1 heterocycles. The zero-order valence-corrected chi connectivity index (χ0v) is 16.7. The van der Waals surface area contributed by atoms with Crippen molar-refractivity contribution in [1.29, 1.82) is 0 Å². The lowest BCUT2D eigenvalue weighted by Crippen LogP contribution is -2.11. The van der Waals surface area contributed by atoms with E-state index in [1.54, 1.807) is 12.1 Å². The highest BCUT2D eigenvalue weighted by atomic mass is 16.5. The Hall–Kier alpha value is -2.94. The first kappa shape index (κ1) is 21.4. The van der Waals surface area contributed by atoms with Gasteiger partial charge in [0.25, 0.3) is 0 Å². The maximum Gasteiger partial charge on any atom is 0.338 e. The van der Waals surface area contributed by atoms with Crippen LogP contribution in [-0.4, -0.2) is 18.4 Å². The summed E-state index contributed by atoms with van der Waals surface area (Å²) in [7, 11) is 0. The highest BCUT2D eigenvalue weighted by Gasteiger charge is 2.14. The van der Waals surface area contributed by atoms with Gasteiger partial charge >= 0.3 is 5.97 Å². The largest absolute Gasteiger partial charge is 0.462 e. The van der Waals surface area contributed by atoms with Gasteiger partial charge in [0.05, 0.1) is 12.2 Å². The molecule has 0 bridgehead atoms. The molecule has 2 aromatic carbocycles. The lowest BCUT2D eigenvalue weighted by molar-refractivity contribution is -0.114. The second kappa shape index (κ2) is 11.7. The molecule has 3 nitrogen and oxygen atoms in total. The van der Waals surface area contributed by atoms with Crippen LogP contribution in [0.2, 0.25) is 0 Å². The monoisotopic (exact) mass is 376 g/mol. The van der Waals surface area contributed by atoms with Gasteiger partial charge in [-0.2, -0.15) is 0 Å². The second-order valence-corrected chi connectivity index (χ2v) is 6.83. The summed E-state index contributed by atoms with van der Waals surface area (Å²) in [5, 5.41) is 0. The minimum Gasteiger partial charge on any atom is -0.462 e. The van der Waals surface area contributed by atoms with Gasteiger partial charge in [-0.1, -0.05) is 71.8 Å². The number of ether oxygens (including phenoxy) is 1. The van der Waals surface area contributed by atoms with E-state index in [1.807, 2.05) is 55.5 Å². The van der Waals surface area contributed by atoms with Crippen molar-refractivity contribution in [2.45, 2.75) is 39.5 Å². The van der Waals surface area contributed by atoms with Crippen LogP contribution in [0, 0.1) is 13.8 Å². The van der Waals surface area contributed by atoms with Crippen molar-refractivity contribution in [2.75, 3.05) is 6.61 Å². The van der Waals surface area contributed by atoms with E-state index >= 15 is 0 Å². The van der Waals surface area contributed by atoms with Crippen LogP contribution >= 0.6 is 0 Å². The van der Waals surface area contributed by atoms with Crippen molar-refractivity contribution < 1.29 is 14.3 Å². The van der Waals surface area contributed by atoms with E-state index in [9.17, 15) is 9.59 Å². The molecule has 0 N–H and O–H groups in total. The summed E-state index contributed by atoms with van der Waals surface area (Å²) in [5.41, 5.74) is 3.58. The van der Waals surface area contributed by atoms with Gasteiger partial charge in [-0.25, -0.2) is 4.79 Å². The number of carbonyl (C=O) groups is 2. The molecule has 3 rings (SSSR count). The normalized spacial score (nSPS) is 17.2. The average Bonchev–Trinajstić information content (AvgIpc) is 2.67. The summed E-state index contributed by atoms with van der Waals surface area (Å²) in [6.07, 6.45) is 10.3. The third-order valence-electron chi connectivity index (χ3n) is 4.27. The van der Waals surface area contributed by atoms with Gasteiger partial charge in [0.2, 0.25) is 0 Å². The molecule has 2 aromatic rings. The van der Waals surface area contributed by atoms with E-state index in [2.05, 4.69) is 19.1 Å². The molecule has 0 saturated heterocycles. The fourth-order valence-electron chi connectivity index (χ4n) is 2.79. The maximum absolute atomic E-state index is 12.1. The number of aryl methyl sites for hydroxylation is 2. The second-order valence-electron chi connectivity index (χ2n) is 6.83. The Kier molecular flexibility index (Phi) is 8.93. The van der Waals surface area contributed by atoms with E-state index in [0.29, 0.717) is 12.2 Å². The number of cyclic esters (lactones) is 1. The van der Waals surface area contributed by atoms with Crippen LogP contribution in [0.4, 0.5) is 0 Å². The molecular weight excluding hydrogens is 348 g/mol. The Bertz CT molecular complexity index is 832. The average molecular weight is 376 g/mol. The minimum atomic E-state index is -0.354. The number of esters is 1. The topological polar surface area (TPSA) is 43.4 Å². The number of rotatable bonds is 0. The third kappa shape index (κ3) is 7.75. The highest BCUT2D eigenvalue weighted by molar-refractivity contribution is 5.96. The first-order chi connectivity index (χ1) is 13.6. The molecule has 0 saturated carbocycles. The summed E-state index contributed by atoms with van der Waals surface area (Å²) in [4.78, 5) is 24.1. The maximum atomic E-state index is 12.1. The zero-order valence-electron chi connectivity index (χ0n) is 16.7. The number of ketones is 1. The van der Waals surface area contributed by atoms with Crippen molar-refractivity contribution >= 4 is 11.8 Å². The molecule has 146 valence electrons. The number of carbonyl (C=O) groups excluding carboxylic acids is 2. The van der Waals surface area contributed by atoms with Gasteiger partial charge in [-0.3, -0.25) is 4.79 Å². The minimum absolute atomic E-state index is 0.00990. The number of benzene rings is 2. The van der Waals surface area contributed by atoms with Crippen LogP contribution in [0.5, 0.6) is 0 Å². The summed E-state index contributed by atoms with van der Waals surface area (Å²) >= 11 is 0. The van der Waals surface area contributed by atoms with E-state index in [1.165, 1.54) is 5.56 Å². The van der Waals surface area contributed by atoms with E-state index < -0.39 is 0 Å². The van der Waals surface area contributed by atoms with Crippen molar-refractivity contribution in [3.8, 4) is 0 Å². The zero-order chi connectivity index (χ0) is 20.2. The van der Waals surface area contributed by atoms with Gasteiger partial charge in [0.15, 0.2) is 5.78 Å². The van der Waals surface area contributed by atoms with Gasteiger partial charge in [0.1, 0.15) is 0 Å². The van der Waals surface area contributed by atoms with Crippen LogP contribution in [0.3, 0.4) is 0 Å². The smallest absolute Gasteiger partial charge is 0.338 e. The molecule has 1 aliphatic rings. The Morgan fingerprint density at radius 3 is 2.21 bits per heavy atom. The van der Waals surface area contributed by atoms with Crippen molar-refractivity contribution in [3.63, 3.8) is 0 Å². The van der Waals surface area contributed by atoms with Crippen LogP contribution in [-0.2, 0) is 16.0 Å². The van der Waals surface area contributed by atoms with Gasteiger partial charge < -0.3 is 4.74 Å². The molecule has 1 aliphatic heterocycles. The number of hydrogen-bond acceptors (Lipinski definition) is 3. The first-order valence-electron chi connectivity index (χ1n) is 9.69. The summed E-state index contributed by atoms with van der Waals surface area (Å²) in [6, 6.07) is 15.8.